The van der Waals surface area contributed by atoms with Crippen LogP contribution in [-0.4, -0.2) is 39.6 Å². The van der Waals surface area contributed by atoms with E-state index in [9.17, 15) is 13.2 Å². The van der Waals surface area contributed by atoms with Crippen molar-refractivity contribution in [2.75, 3.05) is 27.2 Å². The SMILES string of the molecule is CNCCNC.O=CC(F)(F)F. The molecule has 0 aliphatic carbocycles. The molecule has 0 rings (SSSR count). The van der Waals surface area contributed by atoms with E-state index in [1.807, 2.05) is 14.1 Å². The molecule has 0 bridgehead atoms. The summed E-state index contributed by atoms with van der Waals surface area (Å²) >= 11 is 0. The van der Waals surface area contributed by atoms with Gasteiger partial charge in [-0.3, -0.25) is 4.79 Å². The smallest absolute Gasteiger partial charge is 0.318 e. The Kier molecular flexibility index (Phi) is 9.84. The van der Waals surface area contributed by atoms with Gasteiger partial charge in [0.25, 0.3) is 0 Å². The Balaban J connectivity index is 0. The second-order valence-corrected chi connectivity index (χ2v) is 1.87. The zero-order valence-corrected chi connectivity index (χ0v) is 7.03. The second-order valence-electron chi connectivity index (χ2n) is 1.87. The van der Waals surface area contributed by atoms with Crippen molar-refractivity contribution in [3.8, 4) is 0 Å². The molecule has 0 spiro atoms. The summed E-state index contributed by atoms with van der Waals surface area (Å²) in [6.07, 6.45) is -5.70. The van der Waals surface area contributed by atoms with E-state index in [2.05, 4.69) is 10.6 Å². The Morgan fingerprint density at radius 1 is 1.17 bits per heavy atom. The Morgan fingerprint density at radius 2 is 1.42 bits per heavy atom. The maximum absolute atomic E-state index is 10.4. The van der Waals surface area contributed by atoms with Crippen molar-refractivity contribution in [1.82, 2.24) is 10.6 Å². The summed E-state index contributed by atoms with van der Waals surface area (Å²) in [5, 5.41) is 6.01. The van der Waals surface area contributed by atoms with Crippen molar-refractivity contribution in [3.63, 3.8) is 0 Å². The molecule has 0 heterocycles. The highest BCUT2D eigenvalue weighted by atomic mass is 19.4. The van der Waals surface area contributed by atoms with Crippen molar-refractivity contribution in [2.45, 2.75) is 6.18 Å². The van der Waals surface area contributed by atoms with Gasteiger partial charge < -0.3 is 10.6 Å². The fraction of sp³-hybridized carbons (Fsp3) is 0.833. The predicted octanol–water partition coefficient (Wildman–Crippen LogP) is 0.173. The van der Waals surface area contributed by atoms with Crippen LogP contribution in [0.1, 0.15) is 0 Å². The normalized spacial score (nSPS) is 10.1. The average molecular weight is 186 g/mol. The van der Waals surface area contributed by atoms with Crippen LogP contribution in [0.25, 0.3) is 0 Å². The van der Waals surface area contributed by atoms with Crippen LogP contribution in [-0.2, 0) is 4.79 Å². The molecule has 2 N–H and O–H groups in total. The zero-order chi connectivity index (χ0) is 10.0. The number of aldehydes is 1. The lowest BCUT2D eigenvalue weighted by Crippen LogP contribution is -2.21. The third-order valence-corrected chi connectivity index (χ3v) is 0.759. The Morgan fingerprint density at radius 3 is 1.50 bits per heavy atom. The highest BCUT2D eigenvalue weighted by Crippen LogP contribution is 2.08. The van der Waals surface area contributed by atoms with Crippen molar-refractivity contribution < 1.29 is 18.0 Å². The molecule has 0 saturated heterocycles. The van der Waals surface area contributed by atoms with Crippen LogP contribution in [0, 0.1) is 0 Å². The summed E-state index contributed by atoms with van der Waals surface area (Å²) in [6, 6.07) is 0. The van der Waals surface area contributed by atoms with Crippen LogP contribution < -0.4 is 10.6 Å². The number of hydrogen-bond donors (Lipinski definition) is 2. The average Bonchev–Trinajstić information content (AvgIpc) is 2.01. The van der Waals surface area contributed by atoms with Crippen LogP contribution >= 0.6 is 0 Å². The van der Waals surface area contributed by atoms with Gasteiger partial charge in [-0.25, -0.2) is 0 Å². The maximum atomic E-state index is 10.4. The first kappa shape index (κ1) is 13.9. The molecule has 3 nitrogen and oxygen atoms in total. The molecular weight excluding hydrogens is 173 g/mol. The molecular formula is C6H13F3N2O. The van der Waals surface area contributed by atoms with Gasteiger partial charge in [-0.1, -0.05) is 0 Å². The molecule has 0 saturated carbocycles. The summed E-state index contributed by atoms with van der Waals surface area (Å²) in [5.74, 6) is 0. The van der Waals surface area contributed by atoms with Crippen LogP contribution in [0.4, 0.5) is 13.2 Å². The fourth-order valence-corrected chi connectivity index (χ4v) is 0.250. The number of alkyl halides is 3. The Labute approximate surface area is 69.3 Å². The molecule has 0 aliphatic heterocycles. The highest BCUT2D eigenvalue weighted by Gasteiger charge is 2.24. The van der Waals surface area contributed by atoms with Gasteiger partial charge in [-0.15, -0.1) is 0 Å². The first-order valence-corrected chi connectivity index (χ1v) is 3.30. The van der Waals surface area contributed by atoms with E-state index < -0.39 is 12.5 Å². The molecule has 0 atom stereocenters. The molecule has 0 aromatic heterocycles. The number of halogens is 3. The van der Waals surface area contributed by atoms with Gasteiger partial charge in [0.1, 0.15) is 0 Å². The van der Waals surface area contributed by atoms with Crippen molar-refractivity contribution in [2.24, 2.45) is 0 Å². The van der Waals surface area contributed by atoms with Gasteiger partial charge >= 0.3 is 6.18 Å². The van der Waals surface area contributed by atoms with Crippen molar-refractivity contribution in [1.29, 1.82) is 0 Å². The largest absolute Gasteiger partial charge is 0.446 e. The van der Waals surface area contributed by atoms with Crippen LogP contribution in [0.15, 0.2) is 0 Å². The molecule has 0 amide bonds. The van der Waals surface area contributed by atoms with Crippen LogP contribution in [0.3, 0.4) is 0 Å². The van der Waals surface area contributed by atoms with Gasteiger partial charge in [0.2, 0.25) is 6.29 Å². The molecule has 0 aliphatic rings. The lowest BCUT2D eigenvalue weighted by Gasteiger charge is -1.92. The molecule has 6 heteroatoms. The molecule has 0 aromatic carbocycles. The zero-order valence-electron chi connectivity index (χ0n) is 7.03. The minimum atomic E-state index is -4.64. The summed E-state index contributed by atoms with van der Waals surface area (Å²) in [6.45, 7) is 2.10. The predicted molar refractivity (Wildman–Crippen MR) is 40.0 cm³/mol. The maximum Gasteiger partial charge on any atom is 0.446 e. The first-order chi connectivity index (χ1) is 5.47. The van der Waals surface area contributed by atoms with Gasteiger partial charge in [0, 0.05) is 13.1 Å². The number of carbonyl (C=O) groups is 1. The Hall–Kier alpha value is -0.620. The van der Waals surface area contributed by atoms with E-state index in [0.29, 0.717) is 0 Å². The first-order valence-electron chi connectivity index (χ1n) is 3.30. The molecule has 74 valence electrons. The number of nitrogens with one attached hydrogen (secondary N) is 2. The minimum Gasteiger partial charge on any atom is -0.318 e. The van der Waals surface area contributed by atoms with Crippen LogP contribution in [0.5, 0.6) is 0 Å². The highest BCUT2D eigenvalue weighted by molar-refractivity contribution is 5.56. The standard InChI is InChI=1S/C4H12N2.C2HF3O/c1-5-3-4-6-2;3-2(4,5)1-6/h5-6H,3-4H2,1-2H3;1H. The minimum absolute atomic E-state index is 1.05. The molecule has 0 fully saturated rings. The van der Waals surface area contributed by atoms with E-state index in [1.54, 1.807) is 0 Å². The fourth-order valence-electron chi connectivity index (χ4n) is 0.250. The third kappa shape index (κ3) is 22.8. The topological polar surface area (TPSA) is 41.1 Å². The summed E-state index contributed by atoms with van der Waals surface area (Å²) in [4.78, 5) is 8.70. The lowest BCUT2D eigenvalue weighted by atomic mass is 10.6. The van der Waals surface area contributed by atoms with Crippen LogP contribution in [0.2, 0.25) is 0 Å². The quantitative estimate of drug-likeness (QED) is 0.487. The number of carbonyl (C=O) groups excluding carboxylic acids is 1. The molecule has 0 radical (unpaired) electrons. The number of rotatable bonds is 3. The van der Waals surface area contributed by atoms with E-state index >= 15 is 0 Å². The van der Waals surface area contributed by atoms with Crippen molar-refractivity contribution in [3.05, 3.63) is 0 Å². The number of hydrogen-bond acceptors (Lipinski definition) is 3. The summed E-state index contributed by atoms with van der Waals surface area (Å²) in [5.41, 5.74) is 0. The summed E-state index contributed by atoms with van der Waals surface area (Å²) < 4.78 is 31.2. The lowest BCUT2D eigenvalue weighted by molar-refractivity contribution is -0.156. The van der Waals surface area contributed by atoms with Crippen molar-refractivity contribution >= 4 is 6.29 Å². The van der Waals surface area contributed by atoms with E-state index in [1.165, 1.54) is 0 Å². The van der Waals surface area contributed by atoms with Gasteiger partial charge in [-0.2, -0.15) is 13.2 Å². The second kappa shape index (κ2) is 8.48. The number of likely N-dealkylation sites (N-methyl/N-ethyl adjacent to an activating group) is 2. The Bertz CT molecular complexity index is 101. The third-order valence-electron chi connectivity index (χ3n) is 0.759. The molecule has 0 unspecified atom stereocenters. The van der Waals surface area contributed by atoms with E-state index in [-0.39, 0.29) is 0 Å². The van der Waals surface area contributed by atoms with Gasteiger partial charge in [0.05, 0.1) is 0 Å². The van der Waals surface area contributed by atoms with Gasteiger partial charge in [-0.05, 0) is 14.1 Å². The van der Waals surface area contributed by atoms with E-state index in [0.717, 1.165) is 13.1 Å². The molecule has 0 aromatic rings. The monoisotopic (exact) mass is 186 g/mol. The summed E-state index contributed by atoms with van der Waals surface area (Å²) in [7, 11) is 3.88. The van der Waals surface area contributed by atoms with Gasteiger partial charge in [0.15, 0.2) is 0 Å². The molecule has 12 heavy (non-hydrogen) atoms. The van der Waals surface area contributed by atoms with E-state index in [4.69, 9.17) is 4.79 Å².